The fourth-order valence-corrected chi connectivity index (χ4v) is 3.84. The number of carbonyl (C=O) groups excluding carboxylic acids is 1. The van der Waals surface area contributed by atoms with E-state index in [-0.39, 0.29) is 24.0 Å². The third-order valence-electron chi connectivity index (χ3n) is 4.98. The van der Waals surface area contributed by atoms with Crippen LogP contribution in [0, 0.1) is 0 Å². The van der Waals surface area contributed by atoms with Crippen LogP contribution >= 0.6 is 0 Å². The molecule has 118 valence electrons. The van der Waals surface area contributed by atoms with Gasteiger partial charge in [0, 0.05) is 6.54 Å². The molecule has 2 heterocycles. The highest BCUT2D eigenvalue weighted by atomic mass is 16.5. The number of ether oxygens (including phenoxy) is 1. The summed E-state index contributed by atoms with van der Waals surface area (Å²) in [5.74, 6) is 0.228. The molecule has 2 saturated heterocycles. The Kier molecular flexibility index (Phi) is 3.88. The number of hydrogen-bond donors (Lipinski definition) is 0. The van der Waals surface area contributed by atoms with E-state index in [4.69, 9.17) is 4.74 Å². The summed E-state index contributed by atoms with van der Waals surface area (Å²) in [4.78, 5) is 14.5. The Morgan fingerprint density at radius 3 is 2.43 bits per heavy atom. The van der Waals surface area contributed by atoms with Gasteiger partial charge in [0.2, 0.25) is 5.91 Å². The molecule has 0 radical (unpaired) electrons. The lowest BCUT2D eigenvalue weighted by atomic mass is 9.75. The standard InChI is InChI=1S/C20H21NO2/c22-20-18(16-10-5-2-6-11-16)19-17(12-7-13-21(19)20)23-14-15-8-3-1-4-9-15/h1-6,8-11,17-19H,7,12-14H2/t17-,18+,19-/m0/s1. The monoisotopic (exact) mass is 307 g/mol. The van der Waals surface area contributed by atoms with Gasteiger partial charge in [-0.3, -0.25) is 4.79 Å². The highest BCUT2D eigenvalue weighted by molar-refractivity contribution is 5.91. The number of carbonyl (C=O) groups is 1. The highest BCUT2D eigenvalue weighted by Crippen LogP contribution is 2.42. The van der Waals surface area contributed by atoms with Crippen molar-refractivity contribution in [1.82, 2.24) is 4.90 Å². The zero-order valence-electron chi connectivity index (χ0n) is 13.1. The summed E-state index contributed by atoms with van der Waals surface area (Å²) in [6, 6.07) is 20.6. The third-order valence-corrected chi connectivity index (χ3v) is 4.98. The Morgan fingerprint density at radius 1 is 1.00 bits per heavy atom. The molecule has 1 amide bonds. The summed E-state index contributed by atoms with van der Waals surface area (Å²) in [5, 5.41) is 0. The summed E-state index contributed by atoms with van der Waals surface area (Å²) in [6.45, 7) is 1.49. The van der Waals surface area contributed by atoms with Crippen LogP contribution < -0.4 is 0 Å². The molecule has 3 nitrogen and oxygen atoms in total. The lowest BCUT2D eigenvalue weighted by molar-refractivity contribution is -0.167. The first kappa shape index (κ1) is 14.5. The van der Waals surface area contributed by atoms with Crippen molar-refractivity contribution in [3.05, 3.63) is 71.8 Å². The summed E-state index contributed by atoms with van der Waals surface area (Å²) >= 11 is 0. The normalized spacial score (nSPS) is 26.5. The first-order valence-electron chi connectivity index (χ1n) is 8.35. The molecule has 2 aromatic carbocycles. The first-order chi connectivity index (χ1) is 11.3. The molecular weight excluding hydrogens is 286 g/mol. The molecule has 2 aliphatic heterocycles. The van der Waals surface area contributed by atoms with E-state index in [1.165, 1.54) is 5.56 Å². The number of benzene rings is 2. The van der Waals surface area contributed by atoms with E-state index in [1.807, 2.05) is 41.3 Å². The molecule has 0 saturated carbocycles. The second kappa shape index (κ2) is 6.17. The third kappa shape index (κ3) is 2.66. The maximum atomic E-state index is 12.5. The molecule has 0 spiro atoms. The minimum atomic E-state index is -0.0303. The van der Waals surface area contributed by atoms with Gasteiger partial charge in [-0.1, -0.05) is 60.7 Å². The van der Waals surface area contributed by atoms with E-state index in [9.17, 15) is 4.79 Å². The Morgan fingerprint density at radius 2 is 1.70 bits per heavy atom. The van der Waals surface area contributed by atoms with Gasteiger partial charge in [-0.2, -0.15) is 0 Å². The quantitative estimate of drug-likeness (QED) is 0.811. The average molecular weight is 307 g/mol. The van der Waals surface area contributed by atoms with E-state index >= 15 is 0 Å². The number of rotatable bonds is 4. The van der Waals surface area contributed by atoms with Gasteiger partial charge in [-0.05, 0) is 24.0 Å². The van der Waals surface area contributed by atoms with E-state index < -0.39 is 0 Å². The average Bonchev–Trinajstić information content (AvgIpc) is 2.62. The van der Waals surface area contributed by atoms with Crippen molar-refractivity contribution in [2.45, 2.75) is 37.5 Å². The zero-order chi connectivity index (χ0) is 15.6. The van der Waals surface area contributed by atoms with Crippen LogP contribution in [-0.2, 0) is 16.1 Å². The van der Waals surface area contributed by atoms with Crippen molar-refractivity contribution in [1.29, 1.82) is 0 Å². The Balaban J connectivity index is 1.50. The smallest absolute Gasteiger partial charge is 0.232 e. The van der Waals surface area contributed by atoms with Gasteiger partial charge in [0.05, 0.1) is 24.7 Å². The van der Waals surface area contributed by atoms with Gasteiger partial charge in [0.25, 0.3) is 0 Å². The minimum Gasteiger partial charge on any atom is -0.371 e. The topological polar surface area (TPSA) is 29.5 Å². The fraction of sp³-hybridized carbons (Fsp3) is 0.350. The summed E-state index contributed by atoms with van der Waals surface area (Å²) in [6.07, 6.45) is 2.19. The highest BCUT2D eigenvalue weighted by Gasteiger charge is 2.53. The molecule has 0 aliphatic carbocycles. The van der Waals surface area contributed by atoms with Crippen molar-refractivity contribution in [3.63, 3.8) is 0 Å². The summed E-state index contributed by atoms with van der Waals surface area (Å²) in [7, 11) is 0. The number of amides is 1. The van der Waals surface area contributed by atoms with Gasteiger partial charge >= 0.3 is 0 Å². The van der Waals surface area contributed by atoms with Crippen LogP contribution in [0.2, 0.25) is 0 Å². The molecule has 3 heteroatoms. The van der Waals surface area contributed by atoms with Gasteiger partial charge in [0.1, 0.15) is 0 Å². The molecule has 0 unspecified atom stereocenters. The summed E-state index contributed by atoms with van der Waals surface area (Å²) < 4.78 is 6.21. The van der Waals surface area contributed by atoms with Crippen LogP contribution in [0.15, 0.2) is 60.7 Å². The number of piperidine rings is 1. The van der Waals surface area contributed by atoms with E-state index in [0.717, 1.165) is 24.9 Å². The van der Waals surface area contributed by atoms with Gasteiger partial charge < -0.3 is 9.64 Å². The largest absolute Gasteiger partial charge is 0.371 e. The number of β-lactam (4-membered cyclic amide) rings is 1. The first-order valence-corrected chi connectivity index (χ1v) is 8.35. The minimum absolute atomic E-state index is 0.0303. The van der Waals surface area contributed by atoms with Crippen molar-refractivity contribution < 1.29 is 9.53 Å². The Hall–Kier alpha value is -2.13. The van der Waals surface area contributed by atoms with E-state index in [2.05, 4.69) is 24.3 Å². The summed E-state index contributed by atoms with van der Waals surface area (Å²) in [5.41, 5.74) is 2.31. The van der Waals surface area contributed by atoms with Crippen LogP contribution in [0.5, 0.6) is 0 Å². The van der Waals surface area contributed by atoms with Crippen LogP contribution in [0.1, 0.15) is 29.9 Å². The van der Waals surface area contributed by atoms with Crippen LogP contribution in [-0.4, -0.2) is 29.5 Å². The zero-order valence-corrected chi connectivity index (χ0v) is 13.1. The maximum absolute atomic E-state index is 12.5. The van der Waals surface area contributed by atoms with Crippen molar-refractivity contribution in [2.24, 2.45) is 0 Å². The lowest BCUT2D eigenvalue weighted by Crippen LogP contribution is -2.66. The number of nitrogens with zero attached hydrogens (tertiary/aromatic N) is 1. The molecule has 2 aliphatic rings. The molecule has 0 aromatic heterocycles. The molecular formula is C20H21NO2. The Bertz CT molecular complexity index is 671. The van der Waals surface area contributed by atoms with Crippen molar-refractivity contribution >= 4 is 5.91 Å². The lowest BCUT2D eigenvalue weighted by Gasteiger charge is -2.53. The predicted molar refractivity (Wildman–Crippen MR) is 88.9 cm³/mol. The molecule has 2 aromatic rings. The van der Waals surface area contributed by atoms with E-state index in [0.29, 0.717) is 6.61 Å². The van der Waals surface area contributed by atoms with Gasteiger partial charge in [-0.15, -0.1) is 0 Å². The second-order valence-corrected chi connectivity index (χ2v) is 6.39. The number of fused-ring (bicyclic) bond motifs is 1. The Labute approximate surface area is 136 Å². The molecule has 2 fully saturated rings. The molecule has 0 N–H and O–H groups in total. The van der Waals surface area contributed by atoms with Crippen molar-refractivity contribution in [2.75, 3.05) is 6.54 Å². The molecule has 23 heavy (non-hydrogen) atoms. The van der Waals surface area contributed by atoms with Gasteiger partial charge in [-0.25, -0.2) is 0 Å². The predicted octanol–water partition coefficient (Wildman–Crippen LogP) is 3.36. The van der Waals surface area contributed by atoms with E-state index in [1.54, 1.807) is 0 Å². The SMILES string of the molecule is O=C1[C@H](c2ccccc2)[C@@H]2[C@@H](OCc3ccccc3)CCCN12. The maximum Gasteiger partial charge on any atom is 0.232 e. The molecule has 4 rings (SSSR count). The van der Waals surface area contributed by atoms with Crippen molar-refractivity contribution in [3.8, 4) is 0 Å². The second-order valence-electron chi connectivity index (χ2n) is 6.39. The van der Waals surface area contributed by atoms with Crippen LogP contribution in [0.4, 0.5) is 0 Å². The van der Waals surface area contributed by atoms with Gasteiger partial charge in [0.15, 0.2) is 0 Å². The van der Waals surface area contributed by atoms with Crippen LogP contribution in [0.3, 0.4) is 0 Å². The fourth-order valence-electron chi connectivity index (χ4n) is 3.84. The molecule has 0 bridgehead atoms. The number of hydrogen-bond acceptors (Lipinski definition) is 2. The van der Waals surface area contributed by atoms with Crippen LogP contribution in [0.25, 0.3) is 0 Å². The molecule has 3 atom stereocenters.